The zero-order valence-corrected chi connectivity index (χ0v) is 16.2. The number of nitrogens with one attached hydrogen (secondary N) is 1. The molecule has 1 amide bonds. The van der Waals surface area contributed by atoms with Gasteiger partial charge in [-0.15, -0.1) is 0 Å². The van der Waals surface area contributed by atoms with Gasteiger partial charge in [0.15, 0.2) is 5.82 Å². The van der Waals surface area contributed by atoms with Crippen LogP contribution in [-0.2, 0) is 6.54 Å². The van der Waals surface area contributed by atoms with E-state index in [4.69, 9.17) is 16.7 Å². The van der Waals surface area contributed by atoms with E-state index in [0.717, 1.165) is 5.56 Å². The maximum absolute atomic E-state index is 13.9. The summed E-state index contributed by atoms with van der Waals surface area (Å²) in [6.45, 7) is 0.381. The number of carboxylic acids is 1. The Morgan fingerprint density at radius 3 is 2.47 bits per heavy atom. The molecule has 0 saturated carbocycles. The highest BCUT2D eigenvalue weighted by Crippen LogP contribution is 2.26. The summed E-state index contributed by atoms with van der Waals surface area (Å²) in [5.41, 5.74) is 1.88. The number of carbonyl (C=O) groups excluding carboxylic acids is 1. The summed E-state index contributed by atoms with van der Waals surface area (Å²) >= 11 is 6.05. The first-order valence-electron chi connectivity index (χ1n) is 8.96. The highest BCUT2D eigenvalue weighted by Gasteiger charge is 2.16. The third-order valence-electron chi connectivity index (χ3n) is 4.56. The number of aromatic carboxylic acids is 1. The maximum atomic E-state index is 13.9. The second kappa shape index (κ2) is 7.96. The standard InChI is InChI=1S/C22H15ClFN3O3/c23-16-3-1-2-13(10-16)12-27-19-9-8-17(24)11-18(19)20(26-27)25-21(28)14-4-6-15(7-5-14)22(29)30/h1-11H,12H2,(H,29,30)(H,25,26,28). The minimum absolute atomic E-state index is 0.0740. The van der Waals surface area contributed by atoms with Gasteiger partial charge in [0.1, 0.15) is 5.82 Å². The van der Waals surface area contributed by atoms with Crippen molar-refractivity contribution in [1.29, 1.82) is 0 Å². The first-order valence-corrected chi connectivity index (χ1v) is 9.34. The van der Waals surface area contributed by atoms with Crippen molar-refractivity contribution in [2.24, 2.45) is 0 Å². The number of fused-ring (bicyclic) bond motifs is 1. The molecular weight excluding hydrogens is 409 g/mol. The van der Waals surface area contributed by atoms with Crippen LogP contribution in [0.3, 0.4) is 0 Å². The third-order valence-corrected chi connectivity index (χ3v) is 4.79. The molecule has 4 aromatic rings. The van der Waals surface area contributed by atoms with Gasteiger partial charge in [-0.3, -0.25) is 9.48 Å². The van der Waals surface area contributed by atoms with Crippen LogP contribution in [0.25, 0.3) is 10.9 Å². The van der Waals surface area contributed by atoms with Crippen molar-refractivity contribution in [3.05, 3.63) is 94.3 Å². The van der Waals surface area contributed by atoms with E-state index in [1.165, 1.54) is 36.4 Å². The van der Waals surface area contributed by atoms with Gasteiger partial charge in [0.25, 0.3) is 5.91 Å². The largest absolute Gasteiger partial charge is 0.478 e. The molecule has 0 fully saturated rings. The zero-order chi connectivity index (χ0) is 21.3. The molecule has 1 heterocycles. The number of hydrogen-bond acceptors (Lipinski definition) is 3. The molecule has 0 spiro atoms. The molecule has 150 valence electrons. The molecule has 0 bridgehead atoms. The molecule has 0 unspecified atom stereocenters. The summed E-state index contributed by atoms with van der Waals surface area (Å²) < 4.78 is 15.5. The monoisotopic (exact) mass is 423 g/mol. The topological polar surface area (TPSA) is 84.2 Å². The summed E-state index contributed by atoms with van der Waals surface area (Å²) in [6, 6.07) is 17.0. The maximum Gasteiger partial charge on any atom is 0.335 e. The highest BCUT2D eigenvalue weighted by atomic mass is 35.5. The minimum Gasteiger partial charge on any atom is -0.478 e. The Kier molecular flexibility index (Phi) is 5.20. The lowest BCUT2D eigenvalue weighted by Crippen LogP contribution is -2.13. The lowest BCUT2D eigenvalue weighted by atomic mass is 10.1. The van der Waals surface area contributed by atoms with E-state index in [1.54, 1.807) is 22.9 Å². The first kappa shape index (κ1) is 19.6. The number of rotatable bonds is 5. The molecule has 6 nitrogen and oxygen atoms in total. The Balaban J connectivity index is 1.67. The summed E-state index contributed by atoms with van der Waals surface area (Å²) in [4.78, 5) is 23.6. The van der Waals surface area contributed by atoms with Crippen molar-refractivity contribution in [2.45, 2.75) is 6.54 Å². The number of hydrogen-bond donors (Lipinski definition) is 2. The molecule has 0 atom stereocenters. The van der Waals surface area contributed by atoms with Crippen molar-refractivity contribution in [3.63, 3.8) is 0 Å². The molecular formula is C22H15ClFN3O3. The molecule has 0 radical (unpaired) electrons. The molecule has 4 rings (SSSR count). The van der Waals surface area contributed by atoms with Crippen LogP contribution in [0.5, 0.6) is 0 Å². The number of carboxylic acid groups (broad SMARTS) is 1. The average Bonchev–Trinajstić information content (AvgIpc) is 3.04. The van der Waals surface area contributed by atoms with Gasteiger partial charge in [-0.1, -0.05) is 23.7 Å². The van der Waals surface area contributed by atoms with Crippen LogP contribution < -0.4 is 5.32 Å². The Morgan fingerprint density at radius 1 is 1.03 bits per heavy atom. The predicted molar refractivity (Wildman–Crippen MR) is 112 cm³/mol. The van der Waals surface area contributed by atoms with Gasteiger partial charge in [0, 0.05) is 16.0 Å². The fraction of sp³-hybridized carbons (Fsp3) is 0.0455. The van der Waals surface area contributed by atoms with Crippen LogP contribution in [0.4, 0.5) is 10.2 Å². The van der Waals surface area contributed by atoms with Crippen LogP contribution >= 0.6 is 11.6 Å². The fourth-order valence-electron chi connectivity index (χ4n) is 3.12. The van der Waals surface area contributed by atoms with E-state index < -0.39 is 17.7 Å². The van der Waals surface area contributed by atoms with Crippen LogP contribution in [0.1, 0.15) is 26.3 Å². The fourth-order valence-corrected chi connectivity index (χ4v) is 3.33. The van der Waals surface area contributed by atoms with Crippen molar-refractivity contribution >= 4 is 40.2 Å². The number of benzene rings is 3. The molecule has 0 saturated heterocycles. The summed E-state index contributed by atoms with van der Waals surface area (Å²) in [5.74, 6) is -1.81. The van der Waals surface area contributed by atoms with Crippen LogP contribution in [0, 0.1) is 5.82 Å². The Labute approximate surface area is 175 Å². The number of aromatic nitrogens is 2. The average molecular weight is 424 g/mol. The molecule has 30 heavy (non-hydrogen) atoms. The number of carbonyl (C=O) groups is 2. The third kappa shape index (κ3) is 4.01. The Morgan fingerprint density at radius 2 is 1.77 bits per heavy atom. The molecule has 0 aliphatic carbocycles. The van der Waals surface area contributed by atoms with Crippen molar-refractivity contribution in [1.82, 2.24) is 9.78 Å². The lowest BCUT2D eigenvalue weighted by Gasteiger charge is -2.04. The van der Waals surface area contributed by atoms with E-state index in [2.05, 4.69) is 10.4 Å². The van der Waals surface area contributed by atoms with E-state index in [9.17, 15) is 14.0 Å². The Hall–Kier alpha value is -3.71. The summed E-state index contributed by atoms with van der Waals surface area (Å²) in [5, 5.41) is 17.2. The number of anilines is 1. The summed E-state index contributed by atoms with van der Waals surface area (Å²) in [6.07, 6.45) is 0. The van der Waals surface area contributed by atoms with Crippen LogP contribution in [-0.4, -0.2) is 26.8 Å². The van der Waals surface area contributed by atoms with Crippen LogP contribution in [0.15, 0.2) is 66.7 Å². The SMILES string of the molecule is O=C(O)c1ccc(C(=O)Nc2nn(Cc3cccc(Cl)c3)c3ccc(F)cc23)cc1. The number of halogens is 2. The molecule has 3 aromatic carbocycles. The normalized spacial score (nSPS) is 10.9. The number of amides is 1. The molecule has 1 aromatic heterocycles. The zero-order valence-electron chi connectivity index (χ0n) is 15.5. The van der Waals surface area contributed by atoms with E-state index >= 15 is 0 Å². The highest BCUT2D eigenvalue weighted by molar-refractivity contribution is 6.30. The molecule has 0 aliphatic heterocycles. The molecule has 8 heteroatoms. The van der Waals surface area contributed by atoms with Crippen molar-refractivity contribution < 1.29 is 19.1 Å². The lowest BCUT2D eigenvalue weighted by molar-refractivity contribution is 0.0696. The van der Waals surface area contributed by atoms with Gasteiger partial charge in [0.2, 0.25) is 0 Å². The summed E-state index contributed by atoms with van der Waals surface area (Å²) in [7, 11) is 0. The van der Waals surface area contributed by atoms with Gasteiger partial charge in [0.05, 0.1) is 17.6 Å². The van der Waals surface area contributed by atoms with Gasteiger partial charge in [-0.2, -0.15) is 5.10 Å². The molecule has 2 N–H and O–H groups in total. The number of nitrogens with zero attached hydrogens (tertiary/aromatic N) is 2. The van der Waals surface area contributed by atoms with Gasteiger partial charge < -0.3 is 10.4 Å². The smallest absolute Gasteiger partial charge is 0.335 e. The van der Waals surface area contributed by atoms with Crippen molar-refractivity contribution in [2.75, 3.05) is 5.32 Å². The second-order valence-electron chi connectivity index (χ2n) is 6.63. The Bertz CT molecular complexity index is 1270. The van der Waals surface area contributed by atoms with Gasteiger partial charge in [-0.05, 0) is 60.2 Å². The van der Waals surface area contributed by atoms with E-state index in [0.29, 0.717) is 22.5 Å². The van der Waals surface area contributed by atoms with Crippen molar-refractivity contribution in [3.8, 4) is 0 Å². The van der Waals surface area contributed by atoms with Gasteiger partial charge >= 0.3 is 5.97 Å². The van der Waals surface area contributed by atoms with E-state index in [1.807, 2.05) is 12.1 Å². The van der Waals surface area contributed by atoms with Crippen LogP contribution in [0.2, 0.25) is 5.02 Å². The quantitative estimate of drug-likeness (QED) is 0.481. The molecule has 0 aliphatic rings. The minimum atomic E-state index is -1.08. The van der Waals surface area contributed by atoms with E-state index in [-0.39, 0.29) is 16.9 Å². The van der Waals surface area contributed by atoms with Gasteiger partial charge in [-0.25, -0.2) is 9.18 Å². The second-order valence-corrected chi connectivity index (χ2v) is 7.07. The predicted octanol–water partition coefficient (Wildman–Crippen LogP) is 4.83. The first-order chi connectivity index (χ1) is 14.4.